The van der Waals surface area contributed by atoms with Gasteiger partial charge in [-0.1, -0.05) is 10.4 Å². The summed E-state index contributed by atoms with van der Waals surface area (Å²) >= 11 is 7.76. The Morgan fingerprint density at radius 1 is 1.52 bits per heavy atom. The highest BCUT2D eigenvalue weighted by Crippen LogP contribution is 2.27. The maximum Gasteiger partial charge on any atom is 0.276 e. The summed E-state index contributed by atoms with van der Waals surface area (Å²) in [6.45, 7) is 0.448. The predicted octanol–water partition coefficient (Wildman–Crippen LogP) is -0.253. The first kappa shape index (κ1) is 21.1. The lowest BCUT2D eigenvalue weighted by atomic mass is 10.1. The lowest BCUT2D eigenvalue weighted by Gasteiger charge is -2.37. The summed E-state index contributed by atoms with van der Waals surface area (Å²) in [5, 5.41) is 22.2. The third kappa shape index (κ3) is 5.04. The number of amides is 3. The molecule has 3 N–H and O–H groups in total. The molecule has 1 fully saturated rings. The number of carbonyl (C=O) groups is 3. The van der Waals surface area contributed by atoms with Crippen LogP contribution in [0.2, 0.25) is 0 Å². The number of alkyl halides is 1. The molecule has 0 radical (unpaired) electrons. The van der Waals surface area contributed by atoms with Gasteiger partial charge in [0.15, 0.2) is 10.8 Å². The summed E-state index contributed by atoms with van der Waals surface area (Å²) in [5.41, 5.74) is 0.0392. The van der Waals surface area contributed by atoms with Crippen molar-refractivity contribution >= 4 is 63.5 Å². The van der Waals surface area contributed by atoms with E-state index >= 15 is 0 Å². The van der Waals surface area contributed by atoms with Gasteiger partial charge in [-0.05, 0) is 5.22 Å². The number of rotatable bonds is 8. The van der Waals surface area contributed by atoms with Crippen molar-refractivity contribution in [1.82, 2.24) is 25.0 Å². The third-order valence-corrected chi connectivity index (χ3v) is 5.57. The first-order chi connectivity index (χ1) is 13.9. The molecule has 2 aliphatic heterocycles. The van der Waals surface area contributed by atoms with E-state index in [2.05, 4.69) is 36.5 Å². The fraction of sp³-hybridized carbons (Fsp3) is 0.462. The van der Waals surface area contributed by atoms with Crippen molar-refractivity contribution in [2.45, 2.75) is 11.4 Å². The number of anilines is 1. The SMILES string of the molecule is CO/N=C(\C(=O)N[C@@H]1C(=O)N[C@H]1SN1CN(C)N=N1)c1csc(NC(=O)CCl)n1. The van der Waals surface area contributed by atoms with Gasteiger partial charge in [-0.3, -0.25) is 19.4 Å². The van der Waals surface area contributed by atoms with Crippen LogP contribution in [-0.4, -0.2) is 76.0 Å². The average molecular weight is 462 g/mol. The van der Waals surface area contributed by atoms with Crippen LogP contribution in [0.4, 0.5) is 5.13 Å². The average Bonchev–Trinajstić information content (AvgIpc) is 3.32. The summed E-state index contributed by atoms with van der Waals surface area (Å²) < 4.78 is 1.58. The van der Waals surface area contributed by atoms with Crippen molar-refractivity contribution in [2.75, 3.05) is 32.0 Å². The van der Waals surface area contributed by atoms with Gasteiger partial charge in [0.2, 0.25) is 11.8 Å². The largest absolute Gasteiger partial charge is 0.398 e. The molecule has 16 heteroatoms. The summed E-state index contributed by atoms with van der Waals surface area (Å²) in [7, 11) is 3.03. The van der Waals surface area contributed by atoms with E-state index in [9.17, 15) is 14.4 Å². The zero-order chi connectivity index (χ0) is 21.0. The lowest BCUT2D eigenvalue weighted by Crippen LogP contribution is -2.68. The molecule has 29 heavy (non-hydrogen) atoms. The van der Waals surface area contributed by atoms with Gasteiger partial charge in [-0.2, -0.15) is 4.41 Å². The standard InChI is InChI=1S/C13H16ClN9O4S2/c1-22-5-23(21-20-22)29-12-9(11(26)18-12)17-10(25)8(19-27-2)6-4-28-13(15-6)16-7(24)3-14/h4,9,12H,3,5H2,1-2H3,(H,17,25)(H,18,26)(H,15,16,24)/b19-8-/t9-,12+/m1/s1. The molecule has 3 heterocycles. The second-order valence-corrected chi connectivity index (χ2v) is 7.92. The van der Waals surface area contributed by atoms with Crippen LogP contribution in [0.3, 0.4) is 0 Å². The lowest BCUT2D eigenvalue weighted by molar-refractivity contribution is -0.132. The van der Waals surface area contributed by atoms with Crippen LogP contribution in [0.25, 0.3) is 0 Å². The highest BCUT2D eigenvalue weighted by atomic mass is 35.5. The summed E-state index contributed by atoms with van der Waals surface area (Å²) in [6.07, 6.45) is 0. The molecule has 0 spiro atoms. The highest BCUT2D eigenvalue weighted by Gasteiger charge is 2.43. The topological polar surface area (TPSA) is 153 Å². The minimum atomic E-state index is -0.801. The molecule has 0 unspecified atom stereocenters. The smallest absolute Gasteiger partial charge is 0.276 e. The van der Waals surface area contributed by atoms with Crippen molar-refractivity contribution in [3.63, 3.8) is 0 Å². The molecule has 1 saturated heterocycles. The van der Waals surface area contributed by atoms with Crippen LogP contribution >= 0.6 is 34.9 Å². The van der Waals surface area contributed by atoms with Crippen molar-refractivity contribution in [2.24, 2.45) is 15.6 Å². The Balaban J connectivity index is 1.65. The molecule has 1 aromatic rings. The molecule has 156 valence electrons. The number of oxime groups is 1. The third-order valence-electron chi connectivity index (χ3n) is 3.52. The van der Waals surface area contributed by atoms with Crippen LogP contribution in [-0.2, 0) is 19.2 Å². The van der Waals surface area contributed by atoms with Crippen molar-refractivity contribution < 1.29 is 19.2 Å². The quantitative estimate of drug-likeness (QED) is 0.157. The van der Waals surface area contributed by atoms with E-state index in [-0.39, 0.29) is 28.3 Å². The number of nitrogens with one attached hydrogen (secondary N) is 3. The fourth-order valence-corrected chi connectivity index (χ4v) is 4.04. The number of carbonyl (C=O) groups excluding carboxylic acids is 3. The van der Waals surface area contributed by atoms with Crippen LogP contribution in [0.15, 0.2) is 21.0 Å². The zero-order valence-electron chi connectivity index (χ0n) is 15.2. The van der Waals surface area contributed by atoms with Gasteiger partial charge in [0.1, 0.15) is 36.8 Å². The maximum absolute atomic E-state index is 12.7. The Hall–Kier alpha value is -2.65. The van der Waals surface area contributed by atoms with Gasteiger partial charge in [-0.25, -0.2) is 4.98 Å². The molecule has 3 rings (SSSR count). The summed E-state index contributed by atoms with van der Waals surface area (Å²) in [6, 6.07) is -0.801. The molecule has 2 aliphatic rings. The number of hydrogen-bond acceptors (Lipinski definition) is 12. The Morgan fingerprint density at radius 2 is 2.31 bits per heavy atom. The predicted molar refractivity (Wildman–Crippen MR) is 106 cm³/mol. The second-order valence-electron chi connectivity index (χ2n) is 5.66. The molecule has 0 aliphatic carbocycles. The van der Waals surface area contributed by atoms with E-state index in [0.29, 0.717) is 6.67 Å². The van der Waals surface area contributed by atoms with Crippen molar-refractivity contribution in [3.8, 4) is 0 Å². The monoisotopic (exact) mass is 461 g/mol. The molecule has 0 aromatic carbocycles. The Kier molecular flexibility index (Phi) is 6.71. The van der Waals surface area contributed by atoms with Crippen LogP contribution < -0.4 is 16.0 Å². The molecular weight excluding hydrogens is 446 g/mol. The van der Waals surface area contributed by atoms with E-state index in [4.69, 9.17) is 16.4 Å². The summed E-state index contributed by atoms with van der Waals surface area (Å²) in [4.78, 5) is 44.8. The Labute approximate surface area is 177 Å². The van der Waals surface area contributed by atoms with E-state index in [1.807, 2.05) is 0 Å². The highest BCUT2D eigenvalue weighted by molar-refractivity contribution is 7.97. The molecule has 1 aromatic heterocycles. The second kappa shape index (κ2) is 9.23. The fourth-order valence-electron chi connectivity index (χ4n) is 2.21. The maximum atomic E-state index is 12.7. The number of halogens is 1. The molecule has 0 saturated carbocycles. The van der Waals surface area contributed by atoms with Gasteiger partial charge in [0, 0.05) is 24.4 Å². The van der Waals surface area contributed by atoms with Gasteiger partial charge in [-0.15, -0.1) is 22.9 Å². The number of β-lactam (4-membered cyclic amide) rings is 1. The molecule has 13 nitrogen and oxygen atoms in total. The Bertz CT molecular complexity index is 863. The summed E-state index contributed by atoms with van der Waals surface area (Å²) in [5.74, 6) is -1.65. The van der Waals surface area contributed by atoms with Crippen LogP contribution in [0.5, 0.6) is 0 Å². The number of hydrogen-bond donors (Lipinski definition) is 3. The minimum Gasteiger partial charge on any atom is -0.398 e. The van der Waals surface area contributed by atoms with Crippen LogP contribution in [0, 0.1) is 0 Å². The first-order valence-corrected chi connectivity index (χ1v) is 10.3. The molecular formula is C13H16ClN9O4S2. The number of nitrogens with zero attached hydrogens (tertiary/aromatic N) is 6. The zero-order valence-corrected chi connectivity index (χ0v) is 17.5. The first-order valence-electron chi connectivity index (χ1n) is 8.02. The van der Waals surface area contributed by atoms with Crippen molar-refractivity contribution in [1.29, 1.82) is 0 Å². The van der Waals surface area contributed by atoms with Gasteiger partial charge in [0.05, 0.1) is 0 Å². The van der Waals surface area contributed by atoms with Crippen molar-refractivity contribution in [3.05, 3.63) is 11.1 Å². The van der Waals surface area contributed by atoms with E-state index in [1.54, 1.807) is 16.5 Å². The van der Waals surface area contributed by atoms with Gasteiger partial charge >= 0.3 is 0 Å². The van der Waals surface area contributed by atoms with E-state index in [1.165, 1.54) is 24.4 Å². The normalized spacial score (nSPS) is 20.9. The van der Waals surface area contributed by atoms with E-state index < -0.39 is 23.2 Å². The van der Waals surface area contributed by atoms with Gasteiger partial charge in [0.25, 0.3) is 5.91 Å². The Morgan fingerprint density at radius 3 is 2.93 bits per heavy atom. The van der Waals surface area contributed by atoms with E-state index in [0.717, 1.165) is 11.3 Å². The molecule has 3 amide bonds. The molecule has 2 atom stereocenters. The van der Waals surface area contributed by atoms with Crippen LogP contribution in [0.1, 0.15) is 5.69 Å². The number of thiazole rings is 1. The van der Waals surface area contributed by atoms with Gasteiger partial charge < -0.3 is 20.8 Å². The molecule has 0 bridgehead atoms. The minimum absolute atomic E-state index is 0.140. The number of aromatic nitrogens is 1.